The monoisotopic (exact) mass is 707 g/mol. The van der Waals surface area contributed by atoms with E-state index in [9.17, 15) is 40.8 Å². The van der Waals surface area contributed by atoms with E-state index in [4.69, 9.17) is 16.3 Å². The first kappa shape index (κ1) is 38.1. The number of halogens is 6. The van der Waals surface area contributed by atoms with Crippen LogP contribution in [0.15, 0.2) is 48.5 Å². The Labute approximate surface area is 274 Å². The highest BCUT2D eigenvalue weighted by Crippen LogP contribution is 2.36. The summed E-state index contributed by atoms with van der Waals surface area (Å²) < 4.78 is 102. The van der Waals surface area contributed by atoms with Crippen molar-refractivity contribution in [1.29, 1.82) is 0 Å². The summed E-state index contributed by atoms with van der Waals surface area (Å²) in [4.78, 5) is 52.8. The zero-order valence-electron chi connectivity index (χ0n) is 26.0. The minimum Gasteiger partial charge on any atom is -0.497 e. The number of methoxy groups -OCH3 is 1. The maximum absolute atomic E-state index is 15.0. The lowest BCUT2D eigenvalue weighted by Gasteiger charge is -2.28. The van der Waals surface area contributed by atoms with Crippen LogP contribution < -0.4 is 4.74 Å². The fourth-order valence-electron chi connectivity index (χ4n) is 5.49. The number of alkyl halides is 5. The first-order valence-electron chi connectivity index (χ1n) is 14.6. The molecule has 4 atom stereocenters. The Hall–Kier alpha value is -3.39. The number of Topliss-reactive ketones (excluding diaryl/α,β-unsaturated/α-hetero) is 3. The fourth-order valence-corrected chi connectivity index (χ4v) is 7.44. The van der Waals surface area contributed by atoms with Crippen LogP contribution in [-0.4, -0.2) is 67.7 Å². The molecule has 1 saturated heterocycles. The summed E-state index contributed by atoms with van der Waals surface area (Å²) >= 11 is 5.78. The number of likely N-dealkylation sites (tertiary alicyclic amines) is 1. The van der Waals surface area contributed by atoms with Crippen LogP contribution in [0.3, 0.4) is 0 Å². The number of benzene rings is 2. The van der Waals surface area contributed by atoms with E-state index in [-0.39, 0.29) is 5.02 Å². The van der Waals surface area contributed by atoms with Gasteiger partial charge in [0.25, 0.3) is 0 Å². The summed E-state index contributed by atoms with van der Waals surface area (Å²) in [5, 5.41) is -1.41. The minimum atomic E-state index is -5.24. The summed E-state index contributed by atoms with van der Waals surface area (Å²) in [7, 11) is -2.67. The van der Waals surface area contributed by atoms with E-state index in [2.05, 4.69) is 0 Å². The highest BCUT2D eigenvalue weighted by Gasteiger charge is 2.50. The number of sulfone groups is 1. The van der Waals surface area contributed by atoms with Crippen LogP contribution >= 0.6 is 11.6 Å². The Balaban J connectivity index is 1.90. The number of ketones is 3. The smallest absolute Gasteiger partial charge is 0.450 e. The molecule has 15 heteroatoms. The molecule has 0 spiro atoms. The van der Waals surface area contributed by atoms with Crippen LogP contribution in [0.2, 0.25) is 5.02 Å². The van der Waals surface area contributed by atoms with Gasteiger partial charge in [0.15, 0.2) is 15.6 Å². The SMILES string of the molecule is COc1ccc(CS(=O)(=O)[C@@H]2C[C@@H](C(=O)C[C@H](C(=O)C(F)(F)F)C(C)C)N(C(=O)[C@H](C)CC(=O)C(F)(F)c3cccc(Cl)c3)C2)cc1. The molecule has 1 amide bonds. The first-order valence-corrected chi connectivity index (χ1v) is 16.7. The predicted molar refractivity (Wildman–Crippen MR) is 163 cm³/mol. The van der Waals surface area contributed by atoms with Gasteiger partial charge in [0.1, 0.15) is 5.75 Å². The van der Waals surface area contributed by atoms with E-state index in [1.165, 1.54) is 57.4 Å². The van der Waals surface area contributed by atoms with Crippen molar-refractivity contribution in [2.24, 2.45) is 17.8 Å². The largest absolute Gasteiger partial charge is 0.497 e. The summed E-state index contributed by atoms with van der Waals surface area (Å²) in [5.41, 5.74) is -0.348. The normalized spacial score (nSPS) is 18.6. The van der Waals surface area contributed by atoms with Crippen LogP contribution in [0, 0.1) is 17.8 Å². The molecule has 0 unspecified atom stereocenters. The van der Waals surface area contributed by atoms with Crippen molar-refractivity contribution < 1.29 is 54.3 Å². The maximum atomic E-state index is 15.0. The number of carbonyl (C=O) groups is 4. The van der Waals surface area contributed by atoms with Gasteiger partial charge in [-0.15, -0.1) is 0 Å². The molecule has 0 N–H and O–H groups in total. The molecule has 3 rings (SSSR count). The molecule has 1 heterocycles. The van der Waals surface area contributed by atoms with Crippen LogP contribution in [0.5, 0.6) is 5.75 Å². The van der Waals surface area contributed by atoms with Gasteiger partial charge in [-0.2, -0.15) is 22.0 Å². The topological polar surface area (TPSA) is 115 Å². The predicted octanol–water partition coefficient (Wildman–Crippen LogP) is 5.98. The molecular formula is C32H35ClF5NO7S. The Morgan fingerprint density at radius 3 is 2.13 bits per heavy atom. The lowest BCUT2D eigenvalue weighted by atomic mass is 9.84. The molecule has 2 aromatic carbocycles. The van der Waals surface area contributed by atoms with E-state index < -0.39 is 111 Å². The number of amides is 1. The highest BCUT2D eigenvalue weighted by molar-refractivity contribution is 7.91. The lowest BCUT2D eigenvalue weighted by Crippen LogP contribution is -2.45. The number of hydrogen-bond donors (Lipinski definition) is 0. The van der Waals surface area contributed by atoms with Crippen molar-refractivity contribution in [2.45, 2.75) is 69.2 Å². The molecule has 1 aliphatic rings. The zero-order valence-corrected chi connectivity index (χ0v) is 27.6. The molecule has 2 aromatic rings. The van der Waals surface area contributed by atoms with Gasteiger partial charge in [0.2, 0.25) is 17.5 Å². The lowest BCUT2D eigenvalue weighted by molar-refractivity contribution is -0.177. The second-order valence-electron chi connectivity index (χ2n) is 12.0. The van der Waals surface area contributed by atoms with Crippen molar-refractivity contribution in [3.05, 3.63) is 64.7 Å². The number of rotatable bonds is 14. The standard InChI is InChI=1S/C32H35ClF5NO7S/c1-18(2)25(29(42)32(36,37)38)15-27(40)26-14-24(47(44,45)17-20-8-10-23(46-4)11-9-20)16-39(26)30(43)19(3)12-28(41)31(34,35)21-6-5-7-22(33)13-21/h5-11,13,18-19,24-26H,12,14-17H2,1-4H3/t19-,24-,25+,26+/m1/s1. The summed E-state index contributed by atoms with van der Waals surface area (Å²) in [6.07, 6.45) is -7.67. The van der Waals surface area contributed by atoms with Crippen molar-refractivity contribution in [3.8, 4) is 5.75 Å². The van der Waals surface area contributed by atoms with Crippen LogP contribution in [0.4, 0.5) is 22.0 Å². The molecule has 0 bridgehead atoms. The van der Waals surface area contributed by atoms with Crippen molar-refractivity contribution in [3.63, 3.8) is 0 Å². The summed E-state index contributed by atoms with van der Waals surface area (Å²) in [6, 6.07) is 8.91. The average molecular weight is 708 g/mol. The third-order valence-electron chi connectivity index (χ3n) is 8.24. The fraction of sp³-hybridized carbons (Fsp3) is 0.500. The van der Waals surface area contributed by atoms with Gasteiger partial charge in [-0.3, -0.25) is 19.2 Å². The van der Waals surface area contributed by atoms with Gasteiger partial charge in [0.05, 0.1) is 24.2 Å². The summed E-state index contributed by atoms with van der Waals surface area (Å²) in [6.45, 7) is 3.21. The van der Waals surface area contributed by atoms with E-state index in [0.29, 0.717) is 11.3 Å². The van der Waals surface area contributed by atoms with Crippen LogP contribution in [0.1, 0.15) is 51.2 Å². The number of nitrogens with zero attached hydrogens (tertiary/aromatic N) is 1. The summed E-state index contributed by atoms with van der Waals surface area (Å²) in [5.74, 6) is -14.1. The molecule has 0 radical (unpaired) electrons. The molecule has 8 nitrogen and oxygen atoms in total. The Morgan fingerprint density at radius 2 is 1.60 bits per heavy atom. The van der Waals surface area contributed by atoms with Gasteiger partial charge in [-0.1, -0.05) is 56.6 Å². The van der Waals surface area contributed by atoms with Gasteiger partial charge in [-0.25, -0.2) is 8.42 Å². The molecule has 1 aliphatic heterocycles. The second-order valence-corrected chi connectivity index (χ2v) is 14.7. The molecule has 258 valence electrons. The Bertz CT molecular complexity index is 1600. The second kappa shape index (κ2) is 14.8. The number of carbonyl (C=O) groups excluding carboxylic acids is 4. The van der Waals surface area contributed by atoms with E-state index in [1.807, 2.05) is 0 Å². The minimum absolute atomic E-state index is 0.0527. The van der Waals surface area contributed by atoms with Gasteiger partial charge in [-0.05, 0) is 42.2 Å². The molecular weight excluding hydrogens is 673 g/mol. The van der Waals surface area contributed by atoms with Crippen LogP contribution in [0.25, 0.3) is 0 Å². The molecule has 1 fully saturated rings. The van der Waals surface area contributed by atoms with Crippen LogP contribution in [-0.2, 0) is 40.7 Å². The van der Waals surface area contributed by atoms with Gasteiger partial charge < -0.3 is 9.64 Å². The van der Waals surface area contributed by atoms with E-state index >= 15 is 8.78 Å². The Morgan fingerprint density at radius 1 is 0.979 bits per heavy atom. The average Bonchev–Trinajstić information content (AvgIpc) is 3.45. The molecule has 47 heavy (non-hydrogen) atoms. The van der Waals surface area contributed by atoms with Crippen molar-refractivity contribution in [1.82, 2.24) is 4.90 Å². The third-order valence-corrected chi connectivity index (χ3v) is 10.6. The first-order chi connectivity index (χ1) is 21.7. The zero-order chi connectivity index (χ0) is 35.5. The van der Waals surface area contributed by atoms with Gasteiger partial charge >= 0.3 is 12.1 Å². The van der Waals surface area contributed by atoms with Crippen molar-refractivity contribution >= 4 is 44.7 Å². The van der Waals surface area contributed by atoms with E-state index in [1.54, 1.807) is 0 Å². The third kappa shape index (κ3) is 9.16. The maximum Gasteiger partial charge on any atom is 0.450 e. The van der Waals surface area contributed by atoms with Gasteiger partial charge in [0, 0.05) is 41.8 Å². The molecule has 0 aromatic heterocycles. The molecule has 0 aliphatic carbocycles. The van der Waals surface area contributed by atoms with Crippen molar-refractivity contribution in [2.75, 3.05) is 13.7 Å². The van der Waals surface area contributed by atoms with E-state index in [0.717, 1.165) is 24.0 Å². The molecule has 0 saturated carbocycles. The highest BCUT2D eigenvalue weighted by atomic mass is 35.5. The Kier molecular flexibility index (Phi) is 12.0. The quantitative estimate of drug-likeness (QED) is 0.222. The number of ether oxygens (including phenoxy) is 1. The number of hydrogen-bond acceptors (Lipinski definition) is 7.